The van der Waals surface area contributed by atoms with E-state index >= 15 is 0 Å². The maximum atomic E-state index is 4.95. The van der Waals surface area contributed by atoms with E-state index in [-0.39, 0.29) is 0 Å². The van der Waals surface area contributed by atoms with E-state index in [4.69, 9.17) is 9.97 Å². The fraction of sp³-hybridized carbons (Fsp3) is 0.286. The summed E-state index contributed by atoms with van der Waals surface area (Å²) < 4.78 is 0. The Hall–Kier alpha value is -2.55. The highest BCUT2D eigenvalue weighted by atomic mass is 14.9. The Morgan fingerprint density at radius 1 is 0.792 bits per heavy atom. The van der Waals surface area contributed by atoms with Crippen LogP contribution in [0.1, 0.15) is 35.4 Å². The molecule has 0 saturated carbocycles. The number of fused-ring (bicyclic) bond motifs is 1. The predicted octanol–water partition coefficient (Wildman–Crippen LogP) is 4.70. The lowest BCUT2D eigenvalue weighted by molar-refractivity contribution is 0.665. The molecule has 1 aliphatic carbocycles. The molecule has 3 nitrogen and oxygen atoms in total. The summed E-state index contributed by atoms with van der Waals surface area (Å²) in [5, 5.41) is 0. The van der Waals surface area contributed by atoms with Crippen molar-refractivity contribution in [3.8, 4) is 22.8 Å². The number of hydrogen-bond donors (Lipinski definition) is 0. The summed E-state index contributed by atoms with van der Waals surface area (Å²) in [6.45, 7) is 4.15. The molecule has 0 bridgehead atoms. The van der Waals surface area contributed by atoms with Gasteiger partial charge in [0.1, 0.15) is 5.69 Å². The zero-order chi connectivity index (χ0) is 16.5. The fourth-order valence-electron chi connectivity index (χ4n) is 3.44. The minimum absolute atomic E-state index is 0.748. The van der Waals surface area contributed by atoms with Gasteiger partial charge in [-0.15, -0.1) is 0 Å². The summed E-state index contributed by atoms with van der Waals surface area (Å²) in [4.78, 5) is 14.4. The fourth-order valence-corrected chi connectivity index (χ4v) is 3.44. The Balaban J connectivity index is 1.95. The molecule has 0 spiro atoms. The number of pyridine rings is 1. The monoisotopic (exact) mass is 315 g/mol. The van der Waals surface area contributed by atoms with Gasteiger partial charge in [-0.3, -0.25) is 0 Å². The van der Waals surface area contributed by atoms with Crippen molar-refractivity contribution < 1.29 is 0 Å². The molecule has 0 aliphatic heterocycles. The van der Waals surface area contributed by atoms with Crippen molar-refractivity contribution in [3.05, 3.63) is 65.0 Å². The molecule has 4 rings (SSSR count). The number of hydrogen-bond acceptors (Lipinski definition) is 3. The van der Waals surface area contributed by atoms with Crippen molar-refractivity contribution in [1.82, 2.24) is 15.0 Å². The Morgan fingerprint density at radius 3 is 2.46 bits per heavy atom. The van der Waals surface area contributed by atoms with Gasteiger partial charge in [-0.2, -0.15) is 0 Å². The minimum Gasteiger partial charge on any atom is -0.250 e. The molecule has 0 amide bonds. The molecule has 1 aromatic carbocycles. The van der Waals surface area contributed by atoms with Crippen LogP contribution in [0.5, 0.6) is 0 Å². The molecular formula is C21H21N3. The van der Waals surface area contributed by atoms with Crippen molar-refractivity contribution in [2.45, 2.75) is 39.5 Å². The molecule has 3 heteroatoms. The van der Waals surface area contributed by atoms with Crippen molar-refractivity contribution in [2.24, 2.45) is 0 Å². The number of rotatable bonds is 2. The van der Waals surface area contributed by atoms with Gasteiger partial charge in [0, 0.05) is 22.5 Å². The van der Waals surface area contributed by atoms with E-state index in [1.54, 1.807) is 0 Å². The van der Waals surface area contributed by atoms with E-state index in [2.05, 4.69) is 36.2 Å². The molecule has 2 heterocycles. The van der Waals surface area contributed by atoms with E-state index in [9.17, 15) is 0 Å². The molecule has 0 radical (unpaired) electrons. The van der Waals surface area contributed by atoms with Crippen LogP contribution in [0.25, 0.3) is 22.8 Å². The summed E-state index contributed by atoms with van der Waals surface area (Å²) in [6, 6.07) is 14.5. The highest BCUT2D eigenvalue weighted by Crippen LogP contribution is 2.32. The molecule has 2 aromatic heterocycles. The first-order valence-corrected chi connectivity index (χ1v) is 8.62. The van der Waals surface area contributed by atoms with Crippen LogP contribution in [0.3, 0.4) is 0 Å². The number of nitrogens with zero attached hydrogens (tertiary/aromatic N) is 3. The second-order valence-corrected chi connectivity index (χ2v) is 6.51. The molecule has 3 aromatic rings. The Labute approximate surface area is 142 Å². The topological polar surface area (TPSA) is 38.7 Å². The average molecular weight is 315 g/mol. The first-order chi connectivity index (χ1) is 11.7. The highest BCUT2D eigenvalue weighted by molar-refractivity contribution is 5.70. The van der Waals surface area contributed by atoms with E-state index in [0.29, 0.717) is 0 Å². The zero-order valence-corrected chi connectivity index (χ0v) is 14.2. The molecule has 1 aliphatic rings. The van der Waals surface area contributed by atoms with E-state index in [1.165, 1.54) is 35.2 Å². The highest BCUT2D eigenvalue weighted by Gasteiger charge is 2.20. The van der Waals surface area contributed by atoms with Crippen molar-refractivity contribution in [3.63, 3.8) is 0 Å². The lowest BCUT2D eigenvalue weighted by Gasteiger charge is -2.20. The van der Waals surface area contributed by atoms with Crippen LogP contribution >= 0.6 is 0 Å². The van der Waals surface area contributed by atoms with Gasteiger partial charge in [0.05, 0.1) is 5.69 Å². The maximum Gasteiger partial charge on any atom is 0.178 e. The Kier molecular flexibility index (Phi) is 3.85. The van der Waals surface area contributed by atoms with Crippen LogP contribution in [0.15, 0.2) is 42.5 Å². The van der Waals surface area contributed by atoms with Crippen molar-refractivity contribution in [2.75, 3.05) is 0 Å². The van der Waals surface area contributed by atoms with Gasteiger partial charge >= 0.3 is 0 Å². The van der Waals surface area contributed by atoms with Crippen LogP contribution in [-0.4, -0.2) is 15.0 Å². The summed E-state index contributed by atoms with van der Waals surface area (Å²) >= 11 is 0. The predicted molar refractivity (Wildman–Crippen MR) is 96.8 cm³/mol. The third-order valence-corrected chi connectivity index (χ3v) is 4.70. The molecule has 0 atom stereocenters. The quantitative estimate of drug-likeness (QED) is 0.688. The van der Waals surface area contributed by atoms with Crippen LogP contribution < -0.4 is 0 Å². The molecule has 0 fully saturated rings. The van der Waals surface area contributed by atoms with Crippen molar-refractivity contribution >= 4 is 0 Å². The summed E-state index contributed by atoms with van der Waals surface area (Å²) in [7, 11) is 0. The lowest BCUT2D eigenvalue weighted by atomic mass is 9.91. The normalized spacial score (nSPS) is 13.6. The van der Waals surface area contributed by atoms with Gasteiger partial charge < -0.3 is 0 Å². The van der Waals surface area contributed by atoms with Gasteiger partial charge in [-0.25, -0.2) is 15.0 Å². The number of benzene rings is 1. The van der Waals surface area contributed by atoms with Gasteiger partial charge in [-0.05, 0) is 57.2 Å². The lowest BCUT2D eigenvalue weighted by Crippen LogP contribution is -2.11. The van der Waals surface area contributed by atoms with E-state index in [0.717, 1.165) is 35.7 Å². The molecular weight excluding hydrogens is 294 g/mol. The van der Waals surface area contributed by atoms with E-state index < -0.39 is 0 Å². The average Bonchev–Trinajstić information content (AvgIpc) is 2.61. The minimum atomic E-state index is 0.748. The zero-order valence-electron chi connectivity index (χ0n) is 14.2. The molecule has 24 heavy (non-hydrogen) atoms. The SMILES string of the molecule is Cc1cccc(-c2nc3c(c(-c4ccccc4C)n2)CCCC3)n1. The molecule has 0 unspecified atom stereocenters. The summed E-state index contributed by atoms with van der Waals surface area (Å²) in [5.41, 5.74) is 7.94. The maximum absolute atomic E-state index is 4.95. The summed E-state index contributed by atoms with van der Waals surface area (Å²) in [6.07, 6.45) is 4.53. The van der Waals surface area contributed by atoms with E-state index in [1.807, 2.05) is 25.1 Å². The van der Waals surface area contributed by atoms with Crippen LogP contribution in [-0.2, 0) is 12.8 Å². The molecule has 120 valence electrons. The first-order valence-electron chi connectivity index (χ1n) is 8.62. The molecule has 0 N–H and O–H groups in total. The van der Waals surface area contributed by atoms with Crippen LogP contribution in [0, 0.1) is 13.8 Å². The third kappa shape index (κ3) is 2.71. The second-order valence-electron chi connectivity index (χ2n) is 6.51. The van der Waals surface area contributed by atoms with Crippen LogP contribution in [0.2, 0.25) is 0 Å². The molecule has 0 saturated heterocycles. The smallest absolute Gasteiger partial charge is 0.178 e. The van der Waals surface area contributed by atoms with Gasteiger partial charge in [-0.1, -0.05) is 30.3 Å². The Morgan fingerprint density at radius 2 is 1.62 bits per heavy atom. The Bertz CT molecular complexity index is 899. The first kappa shape index (κ1) is 15.0. The van der Waals surface area contributed by atoms with Gasteiger partial charge in [0.15, 0.2) is 5.82 Å². The van der Waals surface area contributed by atoms with Gasteiger partial charge in [0.2, 0.25) is 0 Å². The number of aryl methyl sites for hydroxylation is 3. The van der Waals surface area contributed by atoms with Crippen LogP contribution in [0.4, 0.5) is 0 Å². The van der Waals surface area contributed by atoms with Gasteiger partial charge in [0.25, 0.3) is 0 Å². The second kappa shape index (κ2) is 6.16. The standard InChI is InChI=1S/C21H21N3/c1-14-8-3-4-10-16(14)20-17-11-5-6-12-18(17)23-21(24-20)19-13-7-9-15(2)22-19/h3-4,7-10,13H,5-6,11-12H2,1-2H3. The van der Waals surface area contributed by atoms with Crippen molar-refractivity contribution in [1.29, 1.82) is 0 Å². The summed E-state index contributed by atoms with van der Waals surface area (Å²) in [5.74, 6) is 0.748. The number of aromatic nitrogens is 3. The largest absolute Gasteiger partial charge is 0.250 e. The third-order valence-electron chi connectivity index (χ3n) is 4.70.